The van der Waals surface area contributed by atoms with Crippen LogP contribution in [-0.2, 0) is 19.4 Å². The van der Waals surface area contributed by atoms with Gasteiger partial charge in [0.15, 0.2) is 9.84 Å². The second-order valence-corrected chi connectivity index (χ2v) is 7.84. The van der Waals surface area contributed by atoms with E-state index < -0.39 is 9.84 Å². The van der Waals surface area contributed by atoms with Gasteiger partial charge in [-0.1, -0.05) is 12.2 Å². The third-order valence-electron chi connectivity index (χ3n) is 4.06. The van der Waals surface area contributed by atoms with Gasteiger partial charge in [-0.25, -0.2) is 8.42 Å². The monoisotopic (exact) mass is 301 g/mol. The molecule has 0 bridgehead atoms. The van der Waals surface area contributed by atoms with Crippen molar-refractivity contribution < 1.29 is 17.9 Å². The zero-order chi connectivity index (χ0) is 14.6. The van der Waals surface area contributed by atoms with Crippen LogP contribution in [0.3, 0.4) is 0 Å². The van der Waals surface area contributed by atoms with Gasteiger partial charge in [0.1, 0.15) is 0 Å². The second kappa shape index (κ2) is 6.72. The fourth-order valence-corrected chi connectivity index (χ4v) is 4.66. The number of ether oxygens (including phenoxy) is 1. The third-order valence-corrected chi connectivity index (χ3v) is 5.81. The zero-order valence-corrected chi connectivity index (χ0v) is 12.8. The molecule has 1 amide bonds. The van der Waals surface area contributed by atoms with Crippen molar-refractivity contribution >= 4 is 15.7 Å². The number of hydrogen-bond donors (Lipinski definition) is 0. The van der Waals surface area contributed by atoms with E-state index in [1.165, 1.54) is 0 Å². The topological polar surface area (TPSA) is 63.7 Å². The third kappa shape index (κ3) is 4.06. The van der Waals surface area contributed by atoms with E-state index >= 15 is 0 Å². The Morgan fingerprint density at radius 1 is 1.40 bits per heavy atom. The van der Waals surface area contributed by atoms with E-state index in [4.69, 9.17) is 4.74 Å². The Bertz CT molecular complexity index is 472. The Balaban J connectivity index is 1.98. The van der Waals surface area contributed by atoms with Crippen molar-refractivity contribution in [1.82, 2.24) is 4.90 Å². The average molecular weight is 301 g/mol. The molecule has 0 saturated carbocycles. The first-order valence-corrected chi connectivity index (χ1v) is 8.99. The van der Waals surface area contributed by atoms with Gasteiger partial charge in [0.05, 0.1) is 18.1 Å². The molecule has 1 saturated heterocycles. The highest BCUT2D eigenvalue weighted by Crippen LogP contribution is 2.24. The molecule has 2 unspecified atom stereocenters. The van der Waals surface area contributed by atoms with Crippen molar-refractivity contribution in [3.05, 3.63) is 12.2 Å². The molecule has 0 aromatic rings. The first kappa shape index (κ1) is 15.5. The van der Waals surface area contributed by atoms with Crippen LogP contribution in [0.15, 0.2) is 12.2 Å². The molecule has 20 heavy (non-hydrogen) atoms. The van der Waals surface area contributed by atoms with Crippen molar-refractivity contribution in [2.45, 2.75) is 31.7 Å². The summed E-state index contributed by atoms with van der Waals surface area (Å²) in [6.45, 7) is 0.925. The summed E-state index contributed by atoms with van der Waals surface area (Å²) in [6.07, 6.45) is 7.30. The maximum absolute atomic E-state index is 12.4. The van der Waals surface area contributed by atoms with Gasteiger partial charge in [0.25, 0.3) is 0 Å². The molecule has 1 fully saturated rings. The molecule has 2 rings (SSSR count). The summed E-state index contributed by atoms with van der Waals surface area (Å²) < 4.78 is 28.3. The minimum atomic E-state index is -2.97. The number of methoxy groups -OCH3 is 1. The van der Waals surface area contributed by atoms with Crippen molar-refractivity contribution in [2.24, 2.45) is 5.92 Å². The normalized spacial score (nSPS) is 27.9. The maximum atomic E-state index is 12.4. The average Bonchev–Trinajstić information content (AvgIpc) is 3.00. The van der Waals surface area contributed by atoms with Crippen LogP contribution in [0.25, 0.3) is 0 Å². The lowest BCUT2D eigenvalue weighted by molar-refractivity contribution is -0.134. The number of carbonyl (C=O) groups excluding carboxylic acids is 1. The number of allylic oxidation sites excluding steroid dienone is 2. The molecule has 1 aliphatic carbocycles. The molecule has 2 atom stereocenters. The minimum absolute atomic E-state index is 0.0562. The molecule has 2 aliphatic rings. The van der Waals surface area contributed by atoms with Gasteiger partial charge in [0.2, 0.25) is 5.91 Å². The molecule has 5 nitrogen and oxygen atoms in total. The SMILES string of the molecule is COCCN(C(=O)CC1C=CCC1)C1CCS(=O)(=O)C1. The Labute approximate surface area is 120 Å². The van der Waals surface area contributed by atoms with Crippen LogP contribution < -0.4 is 0 Å². The lowest BCUT2D eigenvalue weighted by atomic mass is 10.0. The van der Waals surface area contributed by atoms with Crippen LogP contribution >= 0.6 is 0 Å². The van der Waals surface area contributed by atoms with Crippen LogP contribution in [0, 0.1) is 5.92 Å². The Morgan fingerprint density at radius 2 is 2.20 bits per heavy atom. The highest BCUT2D eigenvalue weighted by Gasteiger charge is 2.34. The lowest BCUT2D eigenvalue weighted by Gasteiger charge is -2.29. The largest absolute Gasteiger partial charge is 0.383 e. The van der Waals surface area contributed by atoms with Crippen LogP contribution in [0.2, 0.25) is 0 Å². The van der Waals surface area contributed by atoms with Crippen molar-refractivity contribution in [3.63, 3.8) is 0 Å². The van der Waals surface area contributed by atoms with E-state index in [1.807, 2.05) is 0 Å². The summed E-state index contributed by atoms with van der Waals surface area (Å²) in [6, 6.07) is -0.173. The first-order chi connectivity index (χ1) is 9.52. The van der Waals surface area contributed by atoms with Gasteiger partial charge in [-0.2, -0.15) is 0 Å². The second-order valence-electron chi connectivity index (χ2n) is 5.61. The number of rotatable bonds is 6. The smallest absolute Gasteiger partial charge is 0.223 e. The standard InChI is InChI=1S/C14H23NO4S/c1-19-8-7-15(13-6-9-20(17,18)11-13)14(16)10-12-4-2-3-5-12/h2,4,12-13H,3,5-11H2,1H3. The number of hydrogen-bond acceptors (Lipinski definition) is 4. The zero-order valence-electron chi connectivity index (χ0n) is 12.0. The van der Waals surface area contributed by atoms with Crippen molar-refractivity contribution in [3.8, 4) is 0 Å². The molecule has 0 radical (unpaired) electrons. The van der Waals surface area contributed by atoms with E-state index in [0.29, 0.717) is 31.9 Å². The minimum Gasteiger partial charge on any atom is -0.383 e. The van der Waals surface area contributed by atoms with E-state index in [0.717, 1.165) is 12.8 Å². The van der Waals surface area contributed by atoms with E-state index in [1.54, 1.807) is 12.0 Å². The molecule has 6 heteroatoms. The predicted octanol–water partition coefficient (Wildman–Crippen LogP) is 1.00. The highest BCUT2D eigenvalue weighted by molar-refractivity contribution is 7.91. The van der Waals surface area contributed by atoms with Gasteiger partial charge in [-0.15, -0.1) is 0 Å². The number of carbonyl (C=O) groups is 1. The molecule has 1 aliphatic heterocycles. The van der Waals surface area contributed by atoms with Gasteiger partial charge in [-0.05, 0) is 25.2 Å². The van der Waals surface area contributed by atoms with Crippen LogP contribution in [-0.4, -0.2) is 57.0 Å². The molecule has 0 aromatic carbocycles. The van der Waals surface area contributed by atoms with Gasteiger partial charge >= 0.3 is 0 Å². The summed E-state index contributed by atoms with van der Waals surface area (Å²) in [7, 11) is -1.38. The van der Waals surface area contributed by atoms with Gasteiger partial charge in [0, 0.05) is 26.1 Å². The Hall–Kier alpha value is -0.880. The van der Waals surface area contributed by atoms with Gasteiger partial charge < -0.3 is 9.64 Å². The number of sulfone groups is 1. The summed E-state index contributed by atoms with van der Waals surface area (Å²) in [5.41, 5.74) is 0. The van der Waals surface area contributed by atoms with E-state index in [-0.39, 0.29) is 23.5 Å². The maximum Gasteiger partial charge on any atom is 0.223 e. The summed E-state index contributed by atoms with van der Waals surface area (Å²) in [5, 5.41) is 0. The van der Waals surface area contributed by atoms with E-state index in [9.17, 15) is 13.2 Å². The fraction of sp³-hybridized carbons (Fsp3) is 0.786. The fourth-order valence-electron chi connectivity index (χ4n) is 2.93. The molecule has 114 valence electrons. The lowest BCUT2D eigenvalue weighted by Crippen LogP contribution is -2.43. The Kier molecular flexibility index (Phi) is 5.21. The molecular formula is C14H23NO4S. The van der Waals surface area contributed by atoms with Crippen molar-refractivity contribution in [2.75, 3.05) is 31.8 Å². The van der Waals surface area contributed by atoms with Gasteiger partial charge in [-0.3, -0.25) is 4.79 Å². The van der Waals surface area contributed by atoms with Crippen LogP contribution in [0.5, 0.6) is 0 Å². The number of nitrogens with zero attached hydrogens (tertiary/aromatic N) is 1. The Morgan fingerprint density at radius 3 is 2.75 bits per heavy atom. The van der Waals surface area contributed by atoms with Crippen LogP contribution in [0.1, 0.15) is 25.7 Å². The highest BCUT2D eigenvalue weighted by atomic mass is 32.2. The van der Waals surface area contributed by atoms with Crippen LogP contribution in [0.4, 0.5) is 0 Å². The predicted molar refractivity (Wildman–Crippen MR) is 77.1 cm³/mol. The summed E-state index contributed by atoms with van der Waals surface area (Å²) in [5.74, 6) is 0.659. The summed E-state index contributed by atoms with van der Waals surface area (Å²) in [4.78, 5) is 14.2. The molecular weight excluding hydrogens is 278 g/mol. The molecule has 0 spiro atoms. The molecule has 1 heterocycles. The summed E-state index contributed by atoms with van der Waals surface area (Å²) >= 11 is 0. The molecule has 0 N–H and O–H groups in total. The first-order valence-electron chi connectivity index (χ1n) is 7.17. The van der Waals surface area contributed by atoms with Crippen molar-refractivity contribution in [1.29, 1.82) is 0 Å². The van der Waals surface area contributed by atoms with E-state index in [2.05, 4.69) is 12.2 Å². The molecule has 0 aromatic heterocycles. The quantitative estimate of drug-likeness (QED) is 0.687. The number of amides is 1.